The van der Waals surface area contributed by atoms with Crippen molar-refractivity contribution in [1.82, 2.24) is 0 Å². The van der Waals surface area contributed by atoms with Gasteiger partial charge in [-0.2, -0.15) is 0 Å². The Labute approximate surface area is 53.1 Å². The average molecular weight is 181 g/mol. The van der Waals surface area contributed by atoms with Crippen molar-refractivity contribution in [1.29, 1.82) is 0 Å². The number of hydrogen-bond acceptors (Lipinski definition) is 1. The molecule has 0 amide bonds. The maximum atomic E-state index is 12.0. The van der Waals surface area contributed by atoms with E-state index in [0.29, 0.717) is 3.79 Å². The van der Waals surface area contributed by atoms with E-state index in [1.165, 1.54) is 17.4 Å². The van der Waals surface area contributed by atoms with Crippen LogP contribution in [0.25, 0.3) is 0 Å². The van der Waals surface area contributed by atoms with Gasteiger partial charge in [0.05, 0.1) is 0 Å². The largest absolute Gasteiger partial charge is 0.205 e. The third-order valence-corrected chi connectivity index (χ3v) is 2.19. The third-order valence-electron chi connectivity index (χ3n) is 0.574. The van der Waals surface area contributed by atoms with Crippen LogP contribution in [0.3, 0.4) is 0 Å². The summed E-state index contributed by atoms with van der Waals surface area (Å²) in [6.45, 7) is 0. The topological polar surface area (TPSA) is 0 Å². The highest BCUT2D eigenvalue weighted by Crippen LogP contribution is 2.20. The molecule has 0 fully saturated rings. The lowest BCUT2D eigenvalue weighted by Crippen LogP contribution is -1.56. The molecular weight excluding hydrogens is 179 g/mol. The Morgan fingerprint density at radius 2 is 2.43 bits per heavy atom. The van der Waals surface area contributed by atoms with Gasteiger partial charge in [-0.1, -0.05) is 0 Å². The summed E-state index contributed by atoms with van der Waals surface area (Å²) in [5.41, 5.74) is 0. The van der Waals surface area contributed by atoms with Crippen molar-refractivity contribution < 1.29 is 4.39 Å². The van der Waals surface area contributed by atoms with Gasteiger partial charge in [-0.25, -0.2) is 4.39 Å². The molecule has 0 saturated carbocycles. The first kappa shape index (κ1) is 5.25. The number of thiophene rings is 1. The first-order chi connectivity index (χ1) is 3.30. The molecule has 1 aromatic heterocycles. The van der Waals surface area contributed by atoms with Crippen molar-refractivity contribution in [2.75, 3.05) is 0 Å². The zero-order valence-electron chi connectivity index (χ0n) is 3.32. The van der Waals surface area contributed by atoms with Crippen molar-refractivity contribution >= 4 is 27.3 Å². The Morgan fingerprint density at radius 3 is 2.57 bits per heavy atom. The van der Waals surface area contributed by atoms with E-state index in [1.54, 1.807) is 5.38 Å². The smallest absolute Gasteiger partial charge is 0.148 e. The molecule has 0 aliphatic rings. The molecule has 0 aliphatic heterocycles. The van der Waals surface area contributed by atoms with Crippen molar-refractivity contribution in [3.63, 3.8) is 0 Å². The zero-order chi connectivity index (χ0) is 5.28. The fraction of sp³-hybridized carbons (Fsp3) is 0. The van der Waals surface area contributed by atoms with Crippen LogP contribution in [0.1, 0.15) is 0 Å². The second-order valence-electron chi connectivity index (χ2n) is 1.04. The summed E-state index contributed by atoms with van der Waals surface area (Å²) in [7, 11) is 0. The maximum Gasteiger partial charge on any atom is 0.148 e. The molecule has 1 heterocycles. The summed E-state index contributed by atoms with van der Waals surface area (Å²) in [4.78, 5) is 0. The molecule has 0 N–H and O–H groups in total. The van der Waals surface area contributed by atoms with Gasteiger partial charge in [-0.05, 0) is 27.4 Å². The Balaban J connectivity index is 3.12. The fourth-order valence-corrected chi connectivity index (χ4v) is 1.22. The standard InChI is InChI=1S/C4H2BrFS/c5-4-3(6)1-2-7-4/h1-2H. The maximum absolute atomic E-state index is 12.0. The van der Waals surface area contributed by atoms with Gasteiger partial charge in [-0.15, -0.1) is 11.3 Å². The third kappa shape index (κ3) is 1.01. The molecule has 0 radical (unpaired) electrons. The molecule has 3 heteroatoms. The van der Waals surface area contributed by atoms with Crippen LogP contribution in [0.15, 0.2) is 15.2 Å². The van der Waals surface area contributed by atoms with Gasteiger partial charge < -0.3 is 0 Å². The molecule has 0 saturated heterocycles. The highest BCUT2D eigenvalue weighted by Gasteiger charge is 1.94. The minimum atomic E-state index is -0.176. The molecule has 0 nitrogen and oxygen atoms in total. The summed E-state index contributed by atoms with van der Waals surface area (Å²) in [5.74, 6) is -0.176. The number of hydrogen-bond donors (Lipinski definition) is 0. The summed E-state index contributed by atoms with van der Waals surface area (Å²) < 4.78 is 12.6. The minimum absolute atomic E-state index is 0.176. The summed E-state index contributed by atoms with van der Waals surface area (Å²) in [6, 6.07) is 1.43. The normalized spacial score (nSPS) is 9.43. The van der Waals surface area contributed by atoms with Gasteiger partial charge in [0.25, 0.3) is 0 Å². The van der Waals surface area contributed by atoms with Crippen LogP contribution in [0.5, 0.6) is 0 Å². The average Bonchev–Trinajstić information content (AvgIpc) is 1.91. The van der Waals surface area contributed by atoms with Crippen molar-refractivity contribution in [2.24, 2.45) is 0 Å². The van der Waals surface area contributed by atoms with Crippen LogP contribution < -0.4 is 0 Å². The molecule has 0 spiro atoms. The highest BCUT2D eigenvalue weighted by atomic mass is 79.9. The SMILES string of the molecule is Fc1ccsc1Br. The monoisotopic (exact) mass is 180 g/mol. The highest BCUT2D eigenvalue weighted by molar-refractivity contribution is 9.11. The Kier molecular flexibility index (Phi) is 1.44. The summed E-state index contributed by atoms with van der Waals surface area (Å²) in [5, 5.41) is 1.69. The molecule has 0 aromatic carbocycles. The first-order valence-electron chi connectivity index (χ1n) is 1.69. The molecule has 0 bridgehead atoms. The van der Waals surface area contributed by atoms with E-state index in [1.807, 2.05) is 0 Å². The van der Waals surface area contributed by atoms with E-state index >= 15 is 0 Å². The van der Waals surface area contributed by atoms with Crippen molar-refractivity contribution in [3.05, 3.63) is 21.1 Å². The first-order valence-corrected chi connectivity index (χ1v) is 3.36. The van der Waals surface area contributed by atoms with Crippen LogP contribution in [0, 0.1) is 5.82 Å². The van der Waals surface area contributed by atoms with E-state index in [2.05, 4.69) is 15.9 Å². The lowest BCUT2D eigenvalue weighted by Gasteiger charge is -1.72. The predicted molar refractivity (Wildman–Crippen MR) is 32.0 cm³/mol. The van der Waals surface area contributed by atoms with Crippen LogP contribution in [0.4, 0.5) is 4.39 Å². The quantitative estimate of drug-likeness (QED) is 0.577. The lowest BCUT2D eigenvalue weighted by atomic mass is 10.6. The molecule has 1 aromatic rings. The molecule has 7 heavy (non-hydrogen) atoms. The predicted octanol–water partition coefficient (Wildman–Crippen LogP) is 2.65. The van der Waals surface area contributed by atoms with Gasteiger partial charge in [0, 0.05) is 0 Å². The Morgan fingerprint density at radius 1 is 1.71 bits per heavy atom. The summed E-state index contributed by atoms with van der Waals surface area (Å²) >= 11 is 4.35. The molecule has 38 valence electrons. The van der Waals surface area contributed by atoms with E-state index < -0.39 is 0 Å². The minimum Gasteiger partial charge on any atom is -0.205 e. The van der Waals surface area contributed by atoms with Gasteiger partial charge in [-0.3, -0.25) is 0 Å². The van der Waals surface area contributed by atoms with E-state index in [4.69, 9.17) is 0 Å². The Bertz CT molecular complexity index is 144. The van der Waals surface area contributed by atoms with Gasteiger partial charge >= 0.3 is 0 Å². The second-order valence-corrected chi connectivity index (χ2v) is 3.28. The van der Waals surface area contributed by atoms with Crippen molar-refractivity contribution in [3.8, 4) is 0 Å². The van der Waals surface area contributed by atoms with Gasteiger partial charge in [0.2, 0.25) is 0 Å². The van der Waals surface area contributed by atoms with E-state index in [9.17, 15) is 4.39 Å². The van der Waals surface area contributed by atoms with Crippen LogP contribution in [-0.2, 0) is 0 Å². The van der Waals surface area contributed by atoms with Crippen molar-refractivity contribution in [2.45, 2.75) is 0 Å². The molecule has 1 rings (SSSR count). The number of rotatable bonds is 0. The molecular formula is C4H2BrFS. The summed E-state index contributed by atoms with van der Waals surface area (Å²) in [6.07, 6.45) is 0. The zero-order valence-corrected chi connectivity index (χ0v) is 5.72. The van der Waals surface area contributed by atoms with Gasteiger partial charge in [0.1, 0.15) is 9.60 Å². The number of halogens is 2. The van der Waals surface area contributed by atoms with E-state index in [0.717, 1.165) is 0 Å². The lowest BCUT2D eigenvalue weighted by molar-refractivity contribution is 0.628. The van der Waals surface area contributed by atoms with Crippen LogP contribution in [-0.4, -0.2) is 0 Å². The van der Waals surface area contributed by atoms with E-state index in [-0.39, 0.29) is 5.82 Å². The molecule has 0 unspecified atom stereocenters. The van der Waals surface area contributed by atoms with Crippen LogP contribution >= 0.6 is 27.3 Å². The fourth-order valence-electron chi connectivity index (χ4n) is 0.275. The molecule has 0 aliphatic carbocycles. The second kappa shape index (κ2) is 1.92. The molecule has 0 atom stereocenters. The van der Waals surface area contributed by atoms with Crippen LogP contribution in [0.2, 0.25) is 0 Å². The van der Waals surface area contributed by atoms with Gasteiger partial charge in [0.15, 0.2) is 0 Å². The Hall–Kier alpha value is 0.110.